The highest BCUT2D eigenvalue weighted by atomic mass is 16.5. The largest absolute Gasteiger partial charge is 0.494 e. The average Bonchev–Trinajstić information content (AvgIpc) is 2.53. The number of carbonyl (C=O) groups excluding carboxylic acids is 2. The molecule has 1 N–H and O–H groups in total. The van der Waals surface area contributed by atoms with Crippen molar-refractivity contribution in [2.24, 2.45) is 0 Å². The third-order valence-electron chi connectivity index (χ3n) is 3.77. The third-order valence-corrected chi connectivity index (χ3v) is 3.77. The molecule has 0 bridgehead atoms. The Bertz CT molecular complexity index is 622. The van der Waals surface area contributed by atoms with Crippen molar-refractivity contribution >= 4 is 12.0 Å². The molecule has 1 heterocycles. The minimum atomic E-state index is -0.534. The van der Waals surface area contributed by atoms with Crippen LogP contribution in [0.2, 0.25) is 0 Å². The van der Waals surface area contributed by atoms with Crippen molar-refractivity contribution in [1.29, 1.82) is 0 Å². The van der Waals surface area contributed by atoms with Gasteiger partial charge in [-0.1, -0.05) is 12.1 Å². The molecule has 1 aromatic rings. The molecule has 1 aliphatic rings. The fourth-order valence-electron chi connectivity index (χ4n) is 2.48. The van der Waals surface area contributed by atoms with Gasteiger partial charge in [0.1, 0.15) is 5.75 Å². The molecule has 0 unspecified atom stereocenters. The molecule has 6 nitrogen and oxygen atoms in total. The van der Waals surface area contributed by atoms with Crippen LogP contribution in [0.15, 0.2) is 35.5 Å². The number of carbonyl (C=O) groups is 2. The van der Waals surface area contributed by atoms with Gasteiger partial charge in [-0.25, -0.2) is 9.59 Å². The quantitative estimate of drug-likeness (QED) is 0.847. The number of benzene rings is 1. The van der Waals surface area contributed by atoms with Gasteiger partial charge in [0.2, 0.25) is 0 Å². The summed E-state index contributed by atoms with van der Waals surface area (Å²) in [5.74, 6) is 0.324. The minimum absolute atomic E-state index is 0.255. The molecule has 1 aliphatic heterocycles. The summed E-state index contributed by atoms with van der Waals surface area (Å²) >= 11 is 0. The van der Waals surface area contributed by atoms with Gasteiger partial charge in [-0.2, -0.15) is 0 Å². The molecule has 6 heteroatoms. The first kappa shape index (κ1) is 16.9. The lowest BCUT2D eigenvalue weighted by Crippen LogP contribution is -2.46. The second kappa shape index (κ2) is 7.17. The summed E-state index contributed by atoms with van der Waals surface area (Å²) in [4.78, 5) is 25.8. The van der Waals surface area contributed by atoms with Gasteiger partial charge in [0.15, 0.2) is 0 Å². The van der Waals surface area contributed by atoms with Crippen LogP contribution >= 0.6 is 0 Å². The highest BCUT2D eigenvalue weighted by molar-refractivity contribution is 5.94. The van der Waals surface area contributed by atoms with Gasteiger partial charge in [0.25, 0.3) is 0 Å². The fraction of sp³-hybridized carbons (Fsp3) is 0.412. The van der Waals surface area contributed by atoms with E-state index in [1.54, 1.807) is 20.9 Å². The smallest absolute Gasteiger partial charge is 0.338 e. The second-order valence-corrected chi connectivity index (χ2v) is 5.16. The molecular formula is C17H22N2O4. The molecule has 0 aromatic heterocycles. The van der Waals surface area contributed by atoms with Crippen LogP contribution in [0.1, 0.15) is 32.4 Å². The zero-order valence-corrected chi connectivity index (χ0v) is 13.9. The van der Waals surface area contributed by atoms with Gasteiger partial charge in [-0.3, -0.25) is 0 Å². The lowest BCUT2D eigenvalue weighted by atomic mass is 9.95. The number of nitrogens with one attached hydrogen (secondary N) is 1. The number of urea groups is 1. The van der Waals surface area contributed by atoms with E-state index in [1.165, 1.54) is 4.90 Å². The maximum absolute atomic E-state index is 12.3. The Morgan fingerprint density at radius 3 is 2.43 bits per heavy atom. The van der Waals surface area contributed by atoms with E-state index in [0.29, 0.717) is 17.9 Å². The molecule has 1 aromatic carbocycles. The number of esters is 1. The molecule has 1 atom stereocenters. The Kier molecular flexibility index (Phi) is 5.26. The van der Waals surface area contributed by atoms with Crippen molar-refractivity contribution in [3.8, 4) is 5.75 Å². The minimum Gasteiger partial charge on any atom is -0.494 e. The first-order valence-corrected chi connectivity index (χ1v) is 7.64. The Hall–Kier alpha value is -2.50. The van der Waals surface area contributed by atoms with Gasteiger partial charge < -0.3 is 19.7 Å². The summed E-state index contributed by atoms with van der Waals surface area (Å²) < 4.78 is 10.6. The number of amides is 2. The lowest BCUT2D eigenvalue weighted by Gasteiger charge is -2.33. The van der Waals surface area contributed by atoms with Crippen LogP contribution in [0.4, 0.5) is 4.79 Å². The zero-order valence-electron chi connectivity index (χ0n) is 13.9. The highest BCUT2D eigenvalue weighted by Gasteiger charge is 2.34. The summed E-state index contributed by atoms with van der Waals surface area (Å²) in [6, 6.07) is 6.53. The molecule has 0 saturated carbocycles. The number of hydrogen-bond acceptors (Lipinski definition) is 4. The maximum atomic E-state index is 12.3. The van der Waals surface area contributed by atoms with Crippen LogP contribution in [-0.2, 0) is 9.53 Å². The predicted molar refractivity (Wildman–Crippen MR) is 86.0 cm³/mol. The highest BCUT2D eigenvalue weighted by Crippen LogP contribution is 2.31. The number of hydrogen-bond donors (Lipinski definition) is 1. The van der Waals surface area contributed by atoms with Crippen LogP contribution in [0.25, 0.3) is 0 Å². The van der Waals surface area contributed by atoms with E-state index in [0.717, 1.165) is 11.3 Å². The fourth-order valence-corrected chi connectivity index (χ4v) is 2.48. The first-order chi connectivity index (χ1) is 11.0. The summed E-state index contributed by atoms with van der Waals surface area (Å²) in [5.41, 5.74) is 1.83. The summed E-state index contributed by atoms with van der Waals surface area (Å²) in [6.45, 7) is 6.27. The molecule has 2 amide bonds. The van der Waals surface area contributed by atoms with E-state index < -0.39 is 12.0 Å². The van der Waals surface area contributed by atoms with E-state index in [-0.39, 0.29) is 12.6 Å². The molecule has 23 heavy (non-hydrogen) atoms. The van der Waals surface area contributed by atoms with Crippen LogP contribution in [-0.4, -0.2) is 37.2 Å². The molecule has 0 fully saturated rings. The normalized spacial score (nSPS) is 17.8. The molecule has 124 valence electrons. The summed E-state index contributed by atoms with van der Waals surface area (Å²) in [5, 5.41) is 2.84. The number of allylic oxidation sites excluding steroid dienone is 1. The molecule has 0 aliphatic carbocycles. The van der Waals surface area contributed by atoms with Crippen LogP contribution < -0.4 is 10.1 Å². The standard InChI is InChI=1S/C17H22N2O4/c1-5-22-13-9-7-12(8-10-13)15-14(16(20)23-6-2)11(3)19(4)17(21)18-15/h7-10,15H,5-6H2,1-4H3,(H,18,21)/t15-/m1/s1. The number of rotatable bonds is 5. The van der Waals surface area contributed by atoms with Crippen LogP contribution in [0, 0.1) is 0 Å². The van der Waals surface area contributed by atoms with Gasteiger partial charge in [-0.15, -0.1) is 0 Å². The maximum Gasteiger partial charge on any atom is 0.338 e. The van der Waals surface area contributed by atoms with E-state index >= 15 is 0 Å². The lowest BCUT2D eigenvalue weighted by molar-refractivity contribution is -0.139. The molecular weight excluding hydrogens is 296 g/mol. The van der Waals surface area contributed by atoms with E-state index in [4.69, 9.17) is 9.47 Å². The van der Waals surface area contributed by atoms with Crippen molar-refractivity contribution in [2.45, 2.75) is 26.8 Å². The average molecular weight is 318 g/mol. The van der Waals surface area contributed by atoms with Gasteiger partial charge in [-0.05, 0) is 38.5 Å². The van der Waals surface area contributed by atoms with E-state index in [1.807, 2.05) is 31.2 Å². The molecule has 0 radical (unpaired) electrons. The summed E-state index contributed by atoms with van der Waals surface area (Å²) in [7, 11) is 1.62. The van der Waals surface area contributed by atoms with Gasteiger partial charge in [0.05, 0.1) is 24.8 Å². The molecule has 0 spiro atoms. The molecule has 0 saturated heterocycles. The van der Waals surface area contributed by atoms with E-state index in [2.05, 4.69) is 5.32 Å². The monoisotopic (exact) mass is 318 g/mol. The SMILES string of the molecule is CCOC(=O)C1=C(C)N(C)C(=O)N[C@@H]1c1ccc(OCC)cc1. The molecule has 2 rings (SSSR count). The second-order valence-electron chi connectivity index (χ2n) is 5.16. The van der Waals surface area contributed by atoms with Gasteiger partial charge >= 0.3 is 12.0 Å². The number of ether oxygens (including phenoxy) is 2. The van der Waals surface area contributed by atoms with Crippen LogP contribution in [0.5, 0.6) is 5.75 Å². The predicted octanol–water partition coefficient (Wildman–Crippen LogP) is 2.62. The Balaban J connectivity index is 2.40. The first-order valence-electron chi connectivity index (χ1n) is 7.64. The Morgan fingerprint density at radius 1 is 1.22 bits per heavy atom. The van der Waals surface area contributed by atoms with Crippen molar-refractivity contribution < 1.29 is 19.1 Å². The number of nitrogens with zero attached hydrogens (tertiary/aromatic N) is 1. The third kappa shape index (κ3) is 3.47. The summed E-state index contributed by atoms with van der Waals surface area (Å²) in [6.07, 6.45) is 0. The van der Waals surface area contributed by atoms with Crippen LogP contribution in [0.3, 0.4) is 0 Å². The van der Waals surface area contributed by atoms with Gasteiger partial charge in [0, 0.05) is 12.7 Å². The van der Waals surface area contributed by atoms with Crippen molar-refractivity contribution in [3.63, 3.8) is 0 Å². The van der Waals surface area contributed by atoms with Crippen molar-refractivity contribution in [1.82, 2.24) is 10.2 Å². The Labute approximate surface area is 136 Å². The van der Waals surface area contributed by atoms with E-state index in [9.17, 15) is 9.59 Å². The Morgan fingerprint density at radius 2 is 1.87 bits per heavy atom. The topological polar surface area (TPSA) is 67.9 Å². The van der Waals surface area contributed by atoms with Crippen molar-refractivity contribution in [2.75, 3.05) is 20.3 Å². The van der Waals surface area contributed by atoms with Crippen molar-refractivity contribution in [3.05, 3.63) is 41.1 Å². The zero-order chi connectivity index (χ0) is 17.0.